The second kappa shape index (κ2) is 11.7. The van der Waals surface area contributed by atoms with Gasteiger partial charge in [-0.1, -0.05) is 91.0 Å². The van der Waals surface area contributed by atoms with Crippen molar-refractivity contribution in [3.63, 3.8) is 0 Å². The Hall–Kier alpha value is -2.95. The molecule has 0 aromatic heterocycles. The van der Waals surface area contributed by atoms with Crippen LogP contribution in [0.3, 0.4) is 0 Å². The molecule has 1 N–H and O–H groups in total. The van der Waals surface area contributed by atoms with Crippen LogP contribution in [0.5, 0.6) is 0 Å². The van der Waals surface area contributed by atoms with Gasteiger partial charge in [0.15, 0.2) is 0 Å². The van der Waals surface area contributed by atoms with Crippen LogP contribution in [-0.2, 0) is 4.79 Å². The molecule has 4 heteroatoms. The Kier molecular flexibility index (Phi) is 7.92. The highest BCUT2D eigenvalue weighted by molar-refractivity contribution is 5.78. The van der Waals surface area contributed by atoms with Crippen LogP contribution in [0.2, 0.25) is 0 Å². The lowest BCUT2D eigenvalue weighted by atomic mass is 9.84. The molecule has 2 fully saturated rings. The Morgan fingerprint density at radius 2 is 1.20 bits per heavy atom. The highest BCUT2D eigenvalue weighted by atomic mass is 16.2. The minimum absolute atomic E-state index is 0.0923. The van der Waals surface area contributed by atoms with Gasteiger partial charge in [0, 0.05) is 44.6 Å². The minimum Gasteiger partial charge on any atom is -0.340 e. The molecule has 4 nitrogen and oxygen atoms in total. The van der Waals surface area contributed by atoms with Gasteiger partial charge < -0.3 is 10.2 Å². The van der Waals surface area contributed by atoms with E-state index < -0.39 is 0 Å². The average Bonchev–Trinajstić information content (AvgIpc) is 2.94. The highest BCUT2D eigenvalue weighted by Gasteiger charge is 2.33. The van der Waals surface area contributed by atoms with Crippen LogP contribution in [0.15, 0.2) is 91.0 Å². The molecule has 5 rings (SSSR count). The highest BCUT2D eigenvalue weighted by Crippen LogP contribution is 2.35. The standard InChI is InChI=1S/C31H37N3O/c35-30(24-29(25-10-4-1-5-11-25)26-12-6-2-7-13-26)33-20-22-34(23-21-33)31(27-14-8-3-9-15-27)28-16-18-32-19-17-28/h1-15,28-29,31-32H,16-24H2. The fraction of sp³-hybridized carbons (Fsp3) is 0.387. The summed E-state index contributed by atoms with van der Waals surface area (Å²) in [4.78, 5) is 18.2. The zero-order valence-electron chi connectivity index (χ0n) is 20.6. The van der Waals surface area contributed by atoms with Gasteiger partial charge in [-0.2, -0.15) is 0 Å². The molecule has 182 valence electrons. The topological polar surface area (TPSA) is 35.6 Å². The average molecular weight is 468 g/mol. The first-order valence-corrected chi connectivity index (χ1v) is 13.2. The molecule has 0 aliphatic carbocycles. The third-order valence-electron chi connectivity index (χ3n) is 7.81. The smallest absolute Gasteiger partial charge is 0.223 e. The molecule has 35 heavy (non-hydrogen) atoms. The third kappa shape index (κ3) is 5.83. The maximum Gasteiger partial charge on any atom is 0.223 e. The van der Waals surface area contributed by atoms with Crippen molar-refractivity contribution < 1.29 is 4.79 Å². The number of benzene rings is 3. The zero-order chi connectivity index (χ0) is 23.9. The van der Waals surface area contributed by atoms with Crippen molar-refractivity contribution in [1.29, 1.82) is 0 Å². The normalized spacial score (nSPS) is 18.5. The van der Waals surface area contributed by atoms with Crippen LogP contribution < -0.4 is 5.32 Å². The largest absolute Gasteiger partial charge is 0.340 e. The fourth-order valence-corrected chi connectivity index (χ4v) is 5.94. The summed E-state index contributed by atoms with van der Waals surface area (Å²) in [5.74, 6) is 1.02. The maximum absolute atomic E-state index is 13.5. The maximum atomic E-state index is 13.5. The van der Waals surface area contributed by atoms with Crippen LogP contribution in [-0.4, -0.2) is 55.0 Å². The van der Waals surface area contributed by atoms with E-state index in [0.29, 0.717) is 18.4 Å². The van der Waals surface area contributed by atoms with E-state index in [9.17, 15) is 4.79 Å². The summed E-state index contributed by atoms with van der Waals surface area (Å²) in [6.07, 6.45) is 2.95. The lowest BCUT2D eigenvalue weighted by molar-refractivity contribution is -0.133. The monoisotopic (exact) mass is 467 g/mol. The summed E-state index contributed by atoms with van der Waals surface area (Å²) in [6, 6.07) is 32.4. The van der Waals surface area contributed by atoms with Crippen molar-refractivity contribution in [2.45, 2.75) is 31.2 Å². The predicted octanol–water partition coefficient (Wildman–Crippen LogP) is 5.09. The molecule has 2 heterocycles. The first-order chi connectivity index (χ1) is 17.3. The van der Waals surface area contributed by atoms with Gasteiger partial charge in [0.1, 0.15) is 0 Å². The van der Waals surface area contributed by atoms with Gasteiger partial charge in [0.25, 0.3) is 0 Å². The molecule has 1 amide bonds. The van der Waals surface area contributed by atoms with Gasteiger partial charge in [-0.3, -0.25) is 9.69 Å². The Morgan fingerprint density at radius 3 is 1.71 bits per heavy atom. The molecule has 2 aliphatic heterocycles. The molecule has 2 saturated heterocycles. The number of nitrogens with one attached hydrogen (secondary N) is 1. The van der Waals surface area contributed by atoms with Crippen molar-refractivity contribution in [2.24, 2.45) is 5.92 Å². The van der Waals surface area contributed by atoms with E-state index in [1.54, 1.807) is 0 Å². The number of amides is 1. The quantitative estimate of drug-likeness (QED) is 0.526. The summed E-state index contributed by atoms with van der Waals surface area (Å²) >= 11 is 0. The van der Waals surface area contributed by atoms with E-state index in [0.717, 1.165) is 39.3 Å². The number of carbonyl (C=O) groups excluding carboxylic acids is 1. The summed E-state index contributed by atoms with van der Waals surface area (Å²) in [5, 5.41) is 3.52. The summed E-state index contributed by atoms with van der Waals surface area (Å²) < 4.78 is 0. The molecule has 3 aromatic rings. The number of hydrogen-bond acceptors (Lipinski definition) is 3. The summed E-state index contributed by atoms with van der Waals surface area (Å²) in [6.45, 7) is 5.71. The Morgan fingerprint density at radius 1 is 0.714 bits per heavy atom. The van der Waals surface area contributed by atoms with Crippen molar-refractivity contribution >= 4 is 5.91 Å². The number of nitrogens with zero attached hydrogens (tertiary/aromatic N) is 2. The Labute approximate surface area is 210 Å². The van der Waals surface area contributed by atoms with E-state index in [-0.39, 0.29) is 11.8 Å². The van der Waals surface area contributed by atoms with Crippen LogP contribution in [0.4, 0.5) is 0 Å². The Bertz CT molecular complexity index is 1000. The lowest BCUT2D eigenvalue weighted by Crippen LogP contribution is -2.51. The first kappa shape index (κ1) is 23.8. The van der Waals surface area contributed by atoms with Gasteiger partial charge in [-0.15, -0.1) is 0 Å². The molecule has 0 bridgehead atoms. The van der Waals surface area contributed by atoms with E-state index in [4.69, 9.17) is 0 Å². The predicted molar refractivity (Wildman–Crippen MR) is 142 cm³/mol. The number of carbonyl (C=O) groups is 1. The second-order valence-corrected chi connectivity index (χ2v) is 9.94. The van der Waals surface area contributed by atoms with Crippen molar-refractivity contribution in [3.05, 3.63) is 108 Å². The van der Waals surface area contributed by atoms with Gasteiger partial charge in [0.05, 0.1) is 0 Å². The molecule has 0 spiro atoms. The van der Waals surface area contributed by atoms with Crippen molar-refractivity contribution in [1.82, 2.24) is 15.1 Å². The molecular formula is C31H37N3O. The van der Waals surface area contributed by atoms with E-state index in [2.05, 4.69) is 94.0 Å². The van der Waals surface area contributed by atoms with Crippen LogP contribution in [0.1, 0.15) is 47.9 Å². The molecule has 1 unspecified atom stereocenters. The van der Waals surface area contributed by atoms with Crippen molar-refractivity contribution in [2.75, 3.05) is 39.3 Å². The fourth-order valence-electron chi connectivity index (χ4n) is 5.94. The van der Waals surface area contributed by atoms with Crippen molar-refractivity contribution in [3.8, 4) is 0 Å². The van der Waals surface area contributed by atoms with E-state index in [1.165, 1.54) is 29.5 Å². The van der Waals surface area contributed by atoms with Crippen LogP contribution >= 0.6 is 0 Å². The lowest BCUT2D eigenvalue weighted by Gasteiger charge is -2.44. The minimum atomic E-state index is 0.0923. The van der Waals surface area contributed by atoms with Crippen LogP contribution in [0.25, 0.3) is 0 Å². The first-order valence-electron chi connectivity index (χ1n) is 13.2. The molecular weight excluding hydrogens is 430 g/mol. The summed E-state index contributed by atoms with van der Waals surface area (Å²) in [7, 11) is 0. The van der Waals surface area contributed by atoms with E-state index in [1.807, 2.05) is 12.1 Å². The molecule has 2 aliphatic rings. The number of hydrogen-bond donors (Lipinski definition) is 1. The SMILES string of the molecule is O=C(CC(c1ccccc1)c1ccccc1)N1CCN(C(c2ccccc2)C2CCNCC2)CC1. The number of rotatable bonds is 7. The third-order valence-corrected chi connectivity index (χ3v) is 7.81. The second-order valence-electron chi connectivity index (χ2n) is 9.94. The summed E-state index contributed by atoms with van der Waals surface area (Å²) in [5.41, 5.74) is 3.84. The zero-order valence-corrected chi connectivity index (χ0v) is 20.6. The molecule has 0 radical (unpaired) electrons. The van der Waals surface area contributed by atoms with Gasteiger partial charge >= 0.3 is 0 Å². The molecule has 1 atom stereocenters. The van der Waals surface area contributed by atoms with Gasteiger partial charge in [-0.05, 0) is 48.5 Å². The van der Waals surface area contributed by atoms with Gasteiger partial charge in [0.2, 0.25) is 5.91 Å². The van der Waals surface area contributed by atoms with E-state index >= 15 is 0 Å². The molecule has 0 saturated carbocycles. The van der Waals surface area contributed by atoms with Gasteiger partial charge in [-0.25, -0.2) is 0 Å². The number of piperidine rings is 1. The van der Waals surface area contributed by atoms with Crippen LogP contribution in [0, 0.1) is 5.92 Å². The Balaban J connectivity index is 1.27. The number of piperazine rings is 1. The molecule has 3 aromatic carbocycles.